The molecule has 0 amide bonds. The van der Waals surface area contributed by atoms with Gasteiger partial charge < -0.3 is 25.4 Å². The van der Waals surface area contributed by atoms with Crippen molar-refractivity contribution in [1.82, 2.24) is 15.5 Å². The SMILES string of the molecule is CCNC(=NCC(O)COc1ccc(F)cc1)NC1CCN(C(C)C)CC1. The van der Waals surface area contributed by atoms with E-state index in [1.165, 1.54) is 12.1 Å². The number of aliphatic hydroxyl groups is 1. The zero-order valence-corrected chi connectivity index (χ0v) is 16.6. The molecule has 1 aliphatic heterocycles. The van der Waals surface area contributed by atoms with Crippen molar-refractivity contribution in [3.05, 3.63) is 30.1 Å². The Bertz CT molecular complexity index is 572. The van der Waals surface area contributed by atoms with Crippen LogP contribution < -0.4 is 15.4 Å². The molecule has 1 aromatic carbocycles. The summed E-state index contributed by atoms with van der Waals surface area (Å²) in [6, 6.07) is 6.73. The van der Waals surface area contributed by atoms with Gasteiger partial charge in [0.05, 0.1) is 6.54 Å². The lowest BCUT2D eigenvalue weighted by atomic mass is 10.0. The van der Waals surface area contributed by atoms with Crippen LogP contribution in [-0.2, 0) is 0 Å². The van der Waals surface area contributed by atoms with Crippen LogP contribution in [0.15, 0.2) is 29.3 Å². The largest absolute Gasteiger partial charge is 0.491 e. The van der Waals surface area contributed by atoms with Gasteiger partial charge in [0.2, 0.25) is 0 Å². The number of piperidine rings is 1. The quantitative estimate of drug-likeness (QED) is 0.475. The van der Waals surface area contributed by atoms with Crippen molar-refractivity contribution >= 4 is 5.96 Å². The molecule has 1 saturated heterocycles. The van der Waals surface area contributed by atoms with E-state index in [0.29, 0.717) is 17.8 Å². The smallest absolute Gasteiger partial charge is 0.191 e. The predicted molar refractivity (Wildman–Crippen MR) is 107 cm³/mol. The van der Waals surface area contributed by atoms with E-state index in [-0.39, 0.29) is 19.0 Å². The van der Waals surface area contributed by atoms with E-state index < -0.39 is 6.10 Å². The van der Waals surface area contributed by atoms with Gasteiger partial charge in [-0.3, -0.25) is 4.99 Å². The van der Waals surface area contributed by atoms with Gasteiger partial charge in [-0.15, -0.1) is 0 Å². The van der Waals surface area contributed by atoms with Crippen LogP contribution in [0.1, 0.15) is 33.6 Å². The number of guanidine groups is 1. The van der Waals surface area contributed by atoms with Crippen LogP contribution in [0.4, 0.5) is 4.39 Å². The second-order valence-electron chi connectivity index (χ2n) is 7.19. The average Bonchev–Trinajstić information content (AvgIpc) is 2.66. The van der Waals surface area contributed by atoms with Crippen LogP contribution in [0.2, 0.25) is 0 Å². The van der Waals surface area contributed by atoms with Crippen LogP contribution in [-0.4, -0.2) is 66.9 Å². The molecular formula is C20H33FN4O2. The number of aliphatic hydroxyl groups excluding tert-OH is 1. The summed E-state index contributed by atoms with van der Waals surface area (Å²) in [5, 5.41) is 16.8. The zero-order valence-electron chi connectivity index (χ0n) is 16.6. The van der Waals surface area contributed by atoms with Crippen molar-refractivity contribution in [3.63, 3.8) is 0 Å². The normalized spacial score (nSPS) is 17.8. The lowest BCUT2D eigenvalue weighted by molar-refractivity contribution is 0.114. The molecular weight excluding hydrogens is 347 g/mol. The summed E-state index contributed by atoms with van der Waals surface area (Å²) in [6.07, 6.45) is 1.44. The minimum atomic E-state index is -0.728. The van der Waals surface area contributed by atoms with Gasteiger partial charge >= 0.3 is 0 Å². The summed E-state index contributed by atoms with van der Waals surface area (Å²) < 4.78 is 18.3. The Hall–Kier alpha value is -1.86. The second kappa shape index (κ2) is 11.1. The lowest BCUT2D eigenvalue weighted by Gasteiger charge is -2.35. The number of nitrogens with zero attached hydrogens (tertiary/aromatic N) is 2. The number of aliphatic imine (C=N–C) groups is 1. The minimum Gasteiger partial charge on any atom is -0.491 e. The number of rotatable bonds is 8. The zero-order chi connectivity index (χ0) is 19.6. The van der Waals surface area contributed by atoms with Gasteiger partial charge in [0, 0.05) is 31.7 Å². The molecule has 0 spiro atoms. The van der Waals surface area contributed by atoms with Crippen LogP contribution >= 0.6 is 0 Å². The third kappa shape index (κ3) is 7.72. The van der Waals surface area contributed by atoms with Crippen LogP contribution in [0, 0.1) is 5.82 Å². The maximum absolute atomic E-state index is 12.9. The number of halogens is 1. The van der Waals surface area contributed by atoms with E-state index >= 15 is 0 Å². The van der Waals surface area contributed by atoms with Gasteiger partial charge in [-0.2, -0.15) is 0 Å². The summed E-state index contributed by atoms with van der Waals surface area (Å²) in [5.74, 6) is 0.941. The molecule has 3 N–H and O–H groups in total. The average molecular weight is 381 g/mol. The molecule has 1 atom stereocenters. The highest BCUT2D eigenvalue weighted by Crippen LogP contribution is 2.13. The van der Waals surface area contributed by atoms with E-state index in [9.17, 15) is 9.50 Å². The number of hydrogen-bond acceptors (Lipinski definition) is 4. The van der Waals surface area contributed by atoms with Crippen molar-refractivity contribution in [2.75, 3.05) is 32.8 Å². The Morgan fingerprint density at radius 3 is 2.56 bits per heavy atom. The molecule has 7 heteroatoms. The van der Waals surface area contributed by atoms with Gasteiger partial charge in [-0.05, 0) is 57.9 Å². The summed E-state index contributed by atoms with van der Waals surface area (Å²) in [4.78, 5) is 6.96. The van der Waals surface area contributed by atoms with E-state index in [4.69, 9.17) is 4.74 Å². The fraction of sp³-hybridized carbons (Fsp3) is 0.650. The summed E-state index contributed by atoms with van der Waals surface area (Å²) >= 11 is 0. The molecule has 6 nitrogen and oxygen atoms in total. The van der Waals surface area contributed by atoms with Crippen molar-refractivity contribution in [1.29, 1.82) is 0 Å². The van der Waals surface area contributed by atoms with E-state index in [0.717, 1.165) is 38.4 Å². The first-order chi connectivity index (χ1) is 13.0. The Morgan fingerprint density at radius 2 is 1.96 bits per heavy atom. The maximum Gasteiger partial charge on any atom is 0.191 e. The molecule has 0 saturated carbocycles. The van der Waals surface area contributed by atoms with Gasteiger partial charge in [0.25, 0.3) is 0 Å². The summed E-state index contributed by atoms with van der Waals surface area (Å²) in [6.45, 7) is 9.77. The highest BCUT2D eigenvalue weighted by Gasteiger charge is 2.21. The molecule has 27 heavy (non-hydrogen) atoms. The number of hydrogen-bond donors (Lipinski definition) is 3. The molecule has 1 unspecified atom stereocenters. The van der Waals surface area contributed by atoms with E-state index in [1.54, 1.807) is 12.1 Å². The summed E-state index contributed by atoms with van der Waals surface area (Å²) in [5.41, 5.74) is 0. The molecule has 1 aliphatic rings. The predicted octanol–water partition coefficient (Wildman–Crippen LogP) is 1.99. The van der Waals surface area contributed by atoms with Gasteiger partial charge in [-0.1, -0.05) is 0 Å². The lowest BCUT2D eigenvalue weighted by Crippen LogP contribution is -2.50. The standard InChI is InChI=1S/C20H33FN4O2/c1-4-22-20(24-17-9-11-25(12-10-17)15(2)3)23-13-18(26)14-27-19-7-5-16(21)6-8-19/h5-8,15,17-18,26H,4,9-14H2,1-3H3,(H2,22,23,24). The second-order valence-corrected chi connectivity index (χ2v) is 7.19. The molecule has 0 radical (unpaired) electrons. The Morgan fingerprint density at radius 1 is 1.30 bits per heavy atom. The number of benzene rings is 1. The van der Waals surface area contributed by atoms with E-state index in [2.05, 4.69) is 34.4 Å². The third-order valence-corrected chi connectivity index (χ3v) is 4.66. The molecule has 152 valence electrons. The Kier molecular flexibility index (Phi) is 8.81. The Labute approximate surface area is 161 Å². The van der Waals surface area contributed by atoms with Crippen LogP contribution in [0.25, 0.3) is 0 Å². The highest BCUT2D eigenvalue weighted by atomic mass is 19.1. The fourth-order valence-electron chi connectivity index (χ4n) is 3.05. The van der Waals surface area contributed by atoms with Crippen molar-refractivity contribution in [2.45, 2.75) is 51.8 Å². The molecule has 1 aromatic rings. The van der Waals surface area contributed by atoms with E-state index in [1.807, 2.05) is 6.92 Å². The minimum absolute atomic E-state index is 0.112. The van der Waals surface area contributed by atoms with Crippen molar-refractivity contribution in [2.24, 2.45) is 4.99 Å². The number of likely N-dealkylation sites (tertiary alicyclic amines) is 1. The van der Waals surface area contributed by atoms with Crippen molar-refractivity contribution in [3.8, 4) is 5.75 Å². The molecule has 1 heterocycles. The Balaban J connectivity index is 1.77. The number of ether oxygens (including phenoxy) is 1. The first kappa shape index (κ1) is 21.4. The molecule has 1 fully saturated rings. The first-order valence-electron chi connectivity index (χ1n) is 9.83. The van der Waals surface area contributed by atoms with Gasteiger partial charge in [0.1, 0.15) is 24.3 Å². The monoisotopic (exact) mass is 380 g/mol. The highest BCUT2D eigenvalue weighted by molar-refractivity contribution is 5.80. The molecule has 2 rings (SSSR count). The van der Waals surface area contributed by atoms with Crippen molar-refractivity contribution < 1.29 is 14.2 Å². The topological polar surface area (TPSA) is 69.1 Å². The van der Waals surface area contributed by atoms with Gasteiger partial charge in [-0.25, -0.2) is 4.39 Å². The first-order valence-corrected chi connectivity index (χ1v) is 9.83. The number of nitrogens with one attached hydrogen (secondary N) is 2. The van der Waals surface area contributed by atoms with Crippen LogP contribution in [0.3, 0.4) is 0 Å². The van der Waals surface area contributed by atoms with Gasteiger partial charge in [0.15, 0.2) is 5.96 Å². The molecule has 0 aliphatic carbocycles. The fourth-order valence-corrected chi connectivity index (χ4v) is 3.05. The molecule has 0 bridgehead atoms. The van der Waals surface area contributed by atoms with Crippen LogP contribution in [0.5, 0.6) is 5.75 Å². The molecule has 0 aromatic heterocycles. The summed E-state index contributed by atoms with van der Waals surface area (Å²) in [7, 11) is 0. The third-order valence-electron chi connectivity index (χ3n) is 4.66. The maximum atomic E-state index is 12.9.